The lowest BCUT2D eigenvalue weighted by Gasteiger charge is -2.25. The molecule has 0 saturated carbocycles. The molecule has 0 radical (unpaired) electrons. The van der Waals surface area contributed by atoms with Crippen LogP contribution in [-0.2, 0) is 9.59 Å². The largest absolute Gasteiger partial charge is 0.548 e. The second-order valence-corrected chi connectivity index (χ2v) is 6.29. The smallest absolute Gasteiger partial charge is 0.266 e. The number of carbonyl (C=O) groups excluding carboxylic acids is 2. The summed E-state index contributed by atoms with van der Waals surface area (Å²) in [5, 5.41) is 20.1. The maximum Gasteiger partial charge on any atom is 0.266 e. The molecule has 2 rings (SSSR count). The number of aliphatic carboxylic acids is 1. The molecule has 1 aliphatic heterocycles. The Morgan fingerprint density at radius 2 is 2.27 bits per heavy atom. The fourth-order valence-corrected chi connectivity index (χ4v) is 3.35. The van der Waals surface area contributed by atoms with Gasteiger partial charge in [-0.3, -0.25) is 9.69 Å². The molecule has 1 atom stereocenters. The summed E-state index contributed by atoms with van der Waals surface area (Å²) in [6.07, 6.45) is 1.20. The van der Waals surface area contributed by atoms with Crippen LogP contribution >= 0.6 is 35.6 Å². The van der Waals surface area contributed by atoms with E-state index in [1.807, 2.05) is 0 Å². The van der Waals surface area contributed by atoms with E-state index < -0.39 is 30.3 Å². The van der Waals surface area contributed by atoms with Crippen molar-refractivity contribution in [2.75, 3.05) is 6.61 Å². The zero-order valence-corrected chi connectivity index (χ0v) is 13.2. The van der Waals surface area contributed by atoms with Crippen molar-refractivity contribution in [1.82, 2.24) is 4.90 Å². The molecule has 1 aliphatic rings. The number of carboxylic acids is 1. The summed E-state index contributed by atoms with van der Waals surface area (Å²) in [5.74, 6) is -3.02. The number of hydrogen-bond donors (Lipinski definition) is 1. The summed E-state index contributed by atoms with van der Waals surface area (Å²) < 4.78 is 13.7. The molecule has 1 saturated heterocycles. The van der Waals surface area contributed by atoms with Crippen LogP contribution in [0, 0.1) is 5.82 Å². The van der Waals surface area contributed by atoms with E-state index in [9.17, 15) is 19.1 Å². The third-order valence-corrected chi connectivity index (χ3v) is 4.52. The molecule has 0 unspecified atom stereocenters. The topological polar surface area (TPSA) is 80.7 Å². The highest BCUT2D eigenvalue weighted by Gasteiger charge is 2.37. The highest BCUT2D eigenvalue weighted by atomic mass is 35.5. The second kappa shape index (κ2) is 6.74. The van der Waals surface area contributed by atoms with Gasteiger partial charge in [0, 0.05) is 5.56 Å². The van der Waals surface area contributed by atoms with Gasteiger partial charge in [0.15, 0.2) is 0 Å². The summed E-state index contributed by atoms with van der Waals surface area (Å²) in [7, 11) is 0. The van der Waals surface area contributed by atoms with Gasteiger partial charge in [0.1, 0.15) is 16.2 Å². The molecule has 1 heterocycles. The van der Waals surface area contributed by atoms with Crippen LogP contribution in [0.1, 0.15) is 5.56 Å². The maximum atomic E-state index is 13.7. The van der Waals surface area contributed by atoms with Gasteiger partial charge in [-0.05, 0) is 18.2 Å². The van der Waals surface area contributed by atoms with Crippen LogP contribution in [-0.4, -0.2) is 38.9 Å². The number of thioether (sulfide) groups is 1. The molecule has 1 aromatic rings. The Labute approximate surface area is 139 Å². The number of rotatable bonds is 4. The lowest BCUT2D eigenvalue weighted by molar-refractivity contribution is -0.311. The number of hydrogen-bond acceptors (Lipinski definition) is 6. The third-order valence-electron chi connectivity index (χ3n) is 2.86. The highest BCUT2D eigenvalue weighted by Crippen LogP contribution is 2.35. The number of aliphatic hydroxyl groups is 1. The van der Waals surface area contributed by atoms with Crippen LogP contribution in [0.25, 0.3) is 6.08 Å². The molecule has 22 heavy (non-hydrogen) atoms. The number of nitrogens with zero attached hydrogens (tertiary/aromatic N) is 1. The van der Waals surface area contributed by atoms with E-state index in [1.165, 1.54) is 24.3 Å². The van der Waals surface area contributed by atoms with Crippen LogP contribution in [0.5, 0.6) is 0 Å². The van der Waals surface area contributed by atoms with Crippen LogP contribution in [0.4, 0.5) is 4.39 Å². The van der Waals surface area contributed by atoms with Crippen LogP contribution in [0.15, 0.2) is 23.1 Å². The number of halogens is 2. The fourth-order valence-electron chi connectivity index (χ4n) is 1.79. The Bertz CT molecular complexity index is 674. The van der Waals surface area contributed by atoms with Gasteiger partial charge in [-0.15, -0.1) is 0 Å². The molecule has 1 aromatic carbocycles. The minimum absolute atomic E-state index is 0.00124. The van der Waals surface area contributed by atoms with Crippen molar-refractivity contribution in [3.8, 4) is 0 Å². The first-order valence-corrected chi connectivity index (χ1v) is 7.50. The van der Waals surface area contributed by atoms with Crippen molar-refractivity contribution >= 4 is 57.9 Å². The van der Waals surface area contributed by atoms with Crippen molar-refractivity contribution < 1.29 is 24.2 Å². The van der Waals surface area contributed by atoms with Gasteiger partial charge in [-0.2, -0.15) is 0 Å². The van der Waals surface area contributed by atoms with E-state index in [-0.39, 0.29) is 19.8 Å². The number of thiocarbonyl (C=S) groups is 1. The minimum atomic E-state index is -1.64. The van der Waals surface area contributed by atoms with Gasteiger partial charge >= 0.3 is 0 Å². The van der Waals surface area contributed by atoms with E-state index in [4.69, 9.17) is 28.9 Å². The average molecular weight is 361 g/mol. The Hall–Kier alpha value is -1.48. The Kier molecular flexibility index (Phi) is 5.17. The zero-order chi connectivity index (χ0) is 16.4. The molecule has 5 nitrogen and oxygen atoms in total. The Balaban J connectivity index is 2.40. The lowest BCUT2D eigenvalue weighted by atomic mass is 10.2. The highest BCUT2D eigenvalue weighted by molar-refractivity contribution is 8.26. The summed E-state index contributed by atoms with van der Waals surface area (Å²) in [6.45, 7) is -0.845. The first kappa shape index (κ1) is 16.9. The van der Waals surface area contributed by atoms with E-state index in [2.05, 4.69) is 0 Å². The molecule has 1 fully saturated rings. The molecule has 0 spiro atoms. The molecule has 116 valence electrons. The predicted molar refractivity (Wildman–Crippen MR) is 82.3 cm³/mol. The van der Waals surface area contributed by atoms with E-state index in [0.717, 1.165) is 16.7 Å². The van der Waals surface area contributed by atoms with E-state index >= 15 is 0 Å². The third kappa shape index (κ3) is 3.14. The van der Waals surface area contributed by atoms with E-state index in [1.54, 1.807) is 0 Å². The number of carbonyl (C=O) groups is 2. The van der Waals surface area contributed by atoms with E-state index in [0.29, 0.717) is 0 Å². The fraction of sp³-hybridized carbons (Fsp3) is 0.154. The molecular formula is C13H8ClFNO4S2-. The van der Waals surface area contributed by atoms with Gasteiger partial charge in [0.25, 0.3) is 5.91 Å². The Morgan fingerprint density at radius 1 is 1.59 bits per heavy atom. The standard InChI is InChI=1S/C13H9ClFNO4S2/c14-7-2-1-3-8(15)6(7)4-10-11(18)16(13(21)22-10)9(5-17)12(19)20/h1-4,9,17H,5H2,(H,19,20)/p-1/b10-4-/t9-/m1/s1. The van der Waals surface area contributed by atoms with Crippen molar-refractivity contribution in [2.45, 2.75) is 6.04 Å². The number of amides is 1. The van der Waals surface area contributed by atoms with Crippen LogP contribution < -0.4 is 5.11 Å². The van der Waals surface area contributed by atoms with Crippen molar-refractivity contribution in [3.63, 3.8) is 0 Å². The first-order chi connectivity index (χ1) is 10.4. The lowest BCUT2D eigenvalue weighted by Crippen LogP contribution is -2.51. The summed E-state index contributed by atoms with van der Waals surface area (Å²) in [4.78, 5) is 23.9. The van der Waals surface area contributed by atoms with Gasteiger partial charge in [0.05, 0.1) is 22.5 Å². The second-order valence-electron chi connectivity index (χ2n) is 4.20. The SMILES string of the molecule is O=C([O-])[C@@H](CO)N1C(=O)/C(=C/c2c(F)cccc2Cl)SC1=S. The molecule has 1 N–H and O–H groups in total. The number of benzene rings is 1. The summed E-state index contributed by atoms with van der Waals surface area (Å²) in [6, 6.07) is 2.46. The van der Waals surface area contributed by atoms with Crippen LogP contribution in [0.2, 0.25) is 5.02 Å². The van der Waals surface area contributed by atoms with Gasteiger partial charge in [-0.25, -0.2) is 4.39 Å². The van der Waals surface area contributed by atoms with Crippen molar-refractivity contribution in [3.05, 3.63) is 39.5 Å². The normalized spacial score (nSPS) is 18.1. The molecule has 1 amide bonds. The maximum absolute atomic E-state index is 13.7. The van der Waals surface area contributed by atoms with Crippen LogP contribution in [0.3, 0.4) is 0 Å². The number of carboxylic acid groups (broad SMARTS) is 1. The van der Waals surface area contributed by atoms with Crippen molar-refractivity contribution in [1.29, 1.82) is 0 Å². The zero-order valence-electron chi connectivity index (χ0n) is 10.8. The predicted octanol–water partition coefficient (Wildman–Crippen LogP) is 0.791. The number of aliphatic hydroxyl groups excluding tert-OH is 1. The molecular weight excluding hydrogens is 353 g/mol. The summed E-state index contributed by atoms with van der Waals surface area (Å²) >= 11 is 11.6. The minimum Gasteiger partial charge on any atom is -0.548 e. The average Bonchev–Trinajstić information content (AvgIpc) is 2.71. The van der Waals surface area contributed by atoms with Gasteiger partial charge in [-0.1, -0.05) is 41.6 Å². The van der Waals surface area contributed by atoms with Gasteiger partial charge < -0.3 is 15.0 Å². The molecule has 9 heteroatoms. The quantitative estimate of drug-likeness (QED) is 0.631. The molecule has 0 aliphatic carbocycles. The first-order valence-electron chi connectivity index (χ1n) is 5.89. The molecule has 0 aromatic heterocycles. The monoisotopic (exact) mass is 360 g/mol. The summed E-state index contributed by atoms with van der Waals surface area (Å²) in [5.41, 5.74) is -0.00124. The van der Waals surface area contributed by atoms with Crippen molar-refractivity contribution in [2.24, 2.45) is 0 Å². The van der Waals surface area contributed by atoms with Gasteiger partial charge in [0.2, 0.25) is 0 Å². The Morgan fingerprint density at radius 3 is 2.82 bits per heavy atom. The molecule has 0 bridgehead atoms.